The van der Waals surface area contributed by atoms with Gasteiger partial charge >= 0.3 is 0 Å². The van der Waals surface area contributed by atoms with E-state index in [1.54, 1.807) is 42.7 Å². The summed E-state index contributed by atoms with van der Waals surface area (Å²) in [6, 6.07) is 10.7. The molecular formula is C24H31BrN4O2S. The van der Waals surface area contributed by atoms with Gasteiger partial charge in [0.25, 0.3) is 10.0 Å². The predicted octanol–water partition coefficient (Wildman–Crippen LogP) is 6.14. The van der Waals surface area contributed by atoms with Crippen LogP contribution in [0.25, 0.3) is 11.0 Å². The first kappa shape index (κ1) is 25.9. The van der Waals surface area contributed by atoms with Gasteiger partial charge in [0.2, 0.25) is 0 Å². The number of hydrogen-bond donors (Lipinski definition) is 0. The summed E-state index contributed by atoms with van der Waals surface area (Å²) in [7, 11) is -3.74. The molecule has 0 bridgehead atoms. The molecule has 0 radical (unpaired) electrons. The molecule has 0 amide bonds. The summed E-state index contributed by atoms with van der Waals surface area (Å²) in [5.41, 5.74) is 2.21. The van der Waals surface area contributed by atoms with Gasteiger partial charge in [-0.15, -0.1) is 0 Å². The van der Waals surface area contributed by atoms with E-state index in [1.165, 1.54) is 3.97 Å². The van der Waals surface area contributed by atoms with Crippen molar-refractivity contribution in [3.63, 3.8) is 0 Å². The van der Waals surface area contributed by atoms with E-state index >= 15 is 0 Å². The molecule has 4 rings (SSSR count). The Balaban J connectivity index is 0.000000860. The van der Waals surface area contributed by atoms with Gasteiger partial charge in [-0.3, -0.25) is 0 Å². The van der Waals surface area contributed by atoms with Gasteiger partial charge in [0.1, 0.15) is 0 Å². The van der Waals surface area contributed by atoms with Crippen molar-refractivity contribution in [1.82, 2.24) is 8.96 Å². The molecular weight excluding hydrogens is 488 g/mol. The molecule has 3 aromatic rings. The summed E-state index contributed by atoms with van der Waals surface area (Å²) in [6.45, 7) is 11.4. The summed E-state index contributed by atoms with van der Waals surface area (Å²) < 4.78 is 28.5. The molecule has 1 aromatic carbocycles. The van der Waals surface area contributed by atoms with Crippen LogP contribution in [-0.4, -0.2) is 30.5 Å². The van der Waals surface area contributed by atoms with E-state index in [9.17, 15) is 8.42 Å². The van der Waals surface area contributed by atoms with Crippen LogP contribution >= 0.6 is 15.9 Å². The second kappa shape index (κ2) is 11.5. The van der Waals surface area contributed by atoms with Crippen LogP contribution in [0.4, 0.5) is 5.69 Å². The Morgan fingerprint density at radius 1 is 1.09 bits per heavy atom. The second-order valence-corrected chi connectivity index (χ2v) is 9.64. The van der Waals surface area contributed by atoms with E-state index in [4.69, 9.17) is 5.26 Å². The molecule has 8 heteroatoms. The maximum absolute atomic E-state index is 13.2. The fourth-order valence-electron chi connectivity index (χ4n) is 3.73. The lowest BCUT2D eigenvalue weighted by Gasteiger charge is -2.32. The summed E-state index contributed by atoms with van der Waals surface area (Å²) in [5.74, 6) is 0.0801. The number of halogens is 1. The lowest BCUT2D eigenvalue weighted by Crippen LogP contribution is -2.33. The smallest absolute Gasteiger partial charge is 0.269 e. The molecule has 0 aliphatic carbocycles. The number of pyridine rings is 1. The zero-order valence-corrected chi connectivity index (χ0v) is 21.7. The Kier molecular flexibility index (Phi) is 9.29. The van der Waals surface area contributed by atoms with E-state index in [2.05, 4.69) is 31.9 Å². The average molecular weight is 520 g/mol. The fraction of sp³-hybridized carbons (Fsp3) is 0.417. The van der Waals surface area contributed by atoms with Crippen LogP contribution in [0.3, 0.4) is 0 Å². The summed E-state index contributed by atoms with van der Waals surface area (Å²) in [4.78, 5) is 6.88. The third-order valence-electron chi connectivity index (χ3n) is 5.19. The normalized spacial score (nSPS) is 14.1. The van der Waals surface area contributed by atoms with Crippen LogP contribution in [0.5, 0.6) is 0 Å². The SMILES string of the molecule is CC.CC.Cc1cn(S(=O)(=O)c2ccccc2)c2ncc(Br)c(N3CCC(C#N)CC3)c12. The number of aromatic nitrogens is 2. The largest absolute Gasteiger partial charge is 0.370 e. The number of nitriles is 1. The monoisotopic (exact) mass is 518 g/mol. The zero-order chi connectivity index (χ0) is 23.9. The summed E-state index contributed by atoms with van der Waals surface area (Å²) >= 11 is 3.60. The van der Waals surface area contributed by atoms with Crippen LogP contribution in [0.1, 0.15) is 46.1 Å². The molecule has 1 saturated heterocycles. The number of rotatable bonds is 3. The maximum atomic E-state index is 13.2. The van der Waals surface area contributed by atoms with Gasteiger partial charge < -0.3 is 4.90 Å². The number of anilines is 1. The summed E-state index contributed by atoms with van der Waals surface area (Å²) in [5, 5.41) is 9.99. The van der Waals surface area contributed by atoms with Gasteiger partial charge in [-0.1, -0.05) is 45.9 Å². The Bertz CT molecular complexity index is 1180. The van der Waals surface area contributed by atoms with Crippen molar-refractivity contribution in [2.24, 2.45) is 5.92 Å². The maximum Gasteiger partial charge on any atom is 0.269 e. The van der Waals surface area contributed by atoms with E-state index in [1.807, 2.05) is 34.6 Å². The summed E-state index contributed by atoms with van der Waals surface area (Å²) in [6.07, 6.45) is 4.89. The molecule has 172 valence electrons. The van der Waals surface area contributed by atoms with Crippen LogP contribution in [0.15, 0.2) is 52.1 Å². The molecule has 0 N–H and O–H groups in total. The van der Waals surface area contributed by atoms with Crippen LogP contribution < -0.4 is 4.90 Å². The fourth-order valence-corrected chi connectivity index (χ4v) is 5.67. The van der Waals surface area contributed by atoms with Crippen molar-refractivity contribution in [1.29, 1.82) is 5.26 Å². The number of hydrogen-bond acceptors (Lipinski definition) is 5. The lowest BCUT2D eigenvalue weighted by atomic mass is 9.98. The average Bonchev–Trinajstić information content (AvgIpc) is 3.19. The highest BCUT2D eigenvalue weighted by atomic mass is 79.9. The van der Waals surface area contributed by atoms with Crippen LogP contribution in [0.2, 0.25) is 0 Å². The topological polar surface area (TPSA) is 79.0 Å². The molecule has 0 saturated carbocycles. The molecule has 3 heterocycles. The van der Waals surface area contributed by atoms with Crippen molar-refractivity contribution in [3.05, 3.63) is 52.8 Å². The van der Waals surface area contributed by atoms with E-state index in [0.29, 0.717) is 5.65 Å². The van der Waals surface area contributed by atoms with Crippen molar-refractivity contribution in [2.45, 2.75) is 52.4 Å². The Morgan fingerprint density at radius 3 is 2.25 bits per heavy atom. The molecule has 0 spiro atoms. The molecule has 2 aromatic heterocycles. The number of aryl methyl sites for hydroxylation is 1. The highest BCUT2D eigenvalue weighted by Crippen LogP contribution is 2.39. The Morgan fingerprint density at radius 2 is 1.69 bits per heavy atom. The standard InChI is InChI=1S/C20H19BrN4O2S.2C2H6/c1-14-13-25(28(26,27)16-5-3-2-4-6-16)20-18(14)19(17(21)12-23-20)24-9-7-15(11-22)8-10-24;2*1-2/h2-6,12-13,15H,7-10H2,1H3;2*1-2H3. The predicted molar refractivity (Wildman–Crippen MR) is 134 cm³/mol. The minimum absolute atomic E-state index is 0.0801. The van der Waals surface area contributed by atoms with Crippen molar-refractivity contribution in [3.8, 4) is 6.07 Å². The first-order valence-electron chi connectivity index (χ1n) is 11.0. The van der Waals surface area contributed by atoms with Gasteiger partial charge in [-0.25, -0.2) is 17.4 Å². The van der Waals surface area contributed by atoms with Gasteiger partial charge in [-0.2, -0.15) is 5.26 Å². The number of nitrogens with zero attached hydrogens (tertiary/aromatic N) is 4. The molecule has 1 aliphatic heterocycles. The molecule has 0 unspecified atom stereocenters. The van der Waals surface area contributed by atoms with Crippen molar-refractivity contribution >= 4 is 42.7 Å². The van der Waals surface area contributed by atoms with Crippen molar-refractivity contribution in [2.75, 3.05) is 18.0 Å². The molecule has 0 atom stereocenters. The highest BCUT2D eigenvalue weighted by Gasteiger charge is 2.27. The first-order valence-corrected chi connectivity index (χ1v) is 13.3. The molecule has 1 fully saturated rings. The second-order valence-electron chi connectivity index (χ2n) is 6.97. The van der Waals surface area contributed by atoms with Gasteiger partial charge in [0.15, 0.2) is 5.65 Å². The lowest BCUT2D eigenvalue weighted by molar-refractivity contribution is 0.488. The first-order chi connectivity index (χ1) is 15.4. The van der Waals surface area contributed by atoms with E-state index in [0.717, 1.165) is 47.0 Å². The zero-order valence-electron chi connectivity index (χ0n) is 19.3. The quantitative estimate of drug-likeness (QED) is 0.416. The molecule has 6 nitrogen and oxygen atoms in total. The van der Waals surface area contributed by atoms with Gasteiger partial charge in [0.05, 0.1) is 21.1 Å². The third-order valence-corrected chi connectivity index (χ3v) is 7.44. The van der Waals surface area contributed by atoms with E-state index in [-0.39, 0.29) is 10.8 Å². The van der Waals surface area contributed by atoms with E-state index < -0.39 is 10.0 Å². The number of benzene rings is 1. The Labute approximate surface area is 200 Å². The Hall–Kier alpha value is -2.37. The minimum Gasteiger partial charge on any atom is -0.370 e. The van der Waals surface area contributed by atoms with Crippen LogP contribution in [-0.2, 0) is 10.0 Å². The third kappa shape index (κ3) is 5.00. The number of fused-ring (bicyclic) bond motifs is 1. The van der Waals surface area contributed by atoms with Gasteiger partial charge in [-0.05, 0) is 53.4 Å². The van der Waals surface area contributed by atoms with Gasteiger partial charge in [0, 0.05) is 36.8 Å². The van der Waals surface area contributed by atoms with Crippen molar-refractivity contribution < 1.29 is 8.42 Å². The number of piperidine rings is 1. The molecule has 1 aliphatic rings. The minimum atomic E-state index is -3.74. The highest BCUT2D eigenvalue weighted by molar-refractivity contribution is 9.10. The molecule has 32 heavy (non-hydrogen) atoms. The van der Waals surface area contributed by atoms with Crippen LogP contribution in [0, 0.1) is 24.2 Å².